The SMILES string of the molecule is C=CCC1(C(O)CC=C[C@H]2C(O)CC(Cl)[C@@H]2CC=CCCCC(=O)O)CCC1. The molecule has 3 unspecified atom stereocenters. The molecule has 2 fully saturated rings. The molecule has 158 valence electrons. The summed E-state index contributed by atoms with van der Waals surface area (Å²) in [7, 11) is 0. The predicted molar refractivity (Wildman–Crippen MR) is 113 cm³/mol. The number of hydrogen-bond donors (Lipinski definition) is 3. The average Bonchev–Trinajstić information content (AvgIpc) is 2.87. The molecule has 4 nitrogen and oxygen atoms in total. The Hall–Kier alpha value is -1.10. The standard InChI is InChI=1S/C23H35ClO4/c1-2-13-23(14-8-15-23)21(26)11-7-10-18-17(19(24)16-20(18)25)9-5-3-4-6-12-22(27)28/h2-3,5,7,10,17-21,25-26H,1,4,6,8-9,11-16H2,(H,27,28)/t17-,18-,19?,20?,21?/m1/s1. The fourth-order valence-corrected chi connectivity index (χ4v) is 5.07. The third-order valence-electron chi connectivity index (χ3n) is 6.53. The van der Waals surface area contributed by atoms with Crippen LogP contribution in [0.3, 0.4) is 0 Å². The summed E-state index contributed by atoms with van der Waals surface area (Å²) in [5.41, 5.74) is -0.00646. The zero-order valence-electron chi connectivity index (χ0n) is 16.7. The van der Waals surface area contributed by atoms with Gasteiger partial charge in [-0.05, 0) is 57.3 Å². The van der Waals surface area contributed by atoms with E-state index in [-0.39, 0.29) is 35.2 Å². The molecule has 2 saturated carbocycles. The van der Waals surface area contributed by atoms with Crippen molar-refractivity contribution in [3.05, 3.63) is 37.0 Å². The van der Waals surface area contributed by atoms with Gasteiger partial charge < -0.3 is 15.3 Å². The molecule has 0 aromatic carbocycles. The number of halogens is 1. The molecule has 0 aliphatic heterocycles. The van der Waals surface area contributed by atoms with Crippen molar-refractivity contribution in [2.45, 2.75) is 81.8 Å². The van der Waals surface area contributed by atoms with Crippen LogP contribution in [0.1, 0.15) is 64.2 Å². The van der Waals surface area contributed by atoms with Crippen LogP contribution in [0.25, 0.3) is 0 Å². The number of aliphatic carboxylic acids is 1. The van der Waals surface area contributed by atoms with Crippen molar-refractivity contribution < 1.29 is 20.1 Å². The first-order valence-corrected chi connectivity index (χ1v) is 11.0. The van der Waals surface area contributed by atoms with Gasteiger partial charge in [-0.25, -0.2) is 0 Å². The Balaban J connectivity index is 1.85. The quantitative estimate of drug-likeness (QED) is 0.244. The smallest absolute Gasteiger partial charge is 0.303 e. The van der Waals surface area contributed by atoms with Crippen molar-refractivity contribution in [1.82, 2.24) is 0 Å². The molecular formula is C23H35ClO4. The summed E-state index contributed by atoms with van der Waals surface area (Å²) < 4.78 is 0. The van der Waals surface area contributed by atoms with Gasteiger partial charge in [-0.15, -0.1) is 18.2 Å². The van der Waals surface area contributed by atoms with Gasteiger partial charge in [0.25, 0.3) is 0 Å². The van der Waals surface area contributed by atoms with E-state index in [1.54, 1.807) is 0 Å². The first-order chi connectivity index (χ1) is 13.4. The van der Waals surface area contributed by atoms with Crippen molar-refractivity contribution in [1.29, 1.82) is 0 Å². The third kappa shape index (κ3) is 6.20. The van der Waals surface area contributed by atoms with Gasteiger partial charge >= 0.3 is 5.97 Å². The van der Waals surface area contributed by atoms with Crippen molar-refractivity contribution in [3.63, 3.8) is 0 Å². The minimum Gasteiger partial charge on any atom is -0.481 e. The van der Waals surface area contributed by atoms with Crippen molar-refractivity contribution in [3.8, 4) is 0 Å². The molecule has 2 aliphatic rings. The molecule has 0 aromatic heterocycles. The highest BCUT2D eigenvalue weighted by Crippen LogP contribution is 2.48. The summed E-state index contributed by atoms with van der Waals surface area (Å²) >= 11 is 6.47. The Kier molecular flexibility index (Phi) is 9.26. The van der Waals surface area contributed by atoms with Crippen molar-refractivity contribution in [2.24, 2.45) is 17.3 Å². The summed E-state index contributed by atoms with van der Waals surface area (Å²) in [6.07, 6.45) is 16.9. The molecule has 0 saturated heterocycles. The summed E-state index contributed by atoms with van der Waals surface area (Å²) in [6, 6.07) is 0. The van der Waals surface area contributed by atoms with Gasteiger partial charge in [-0.2, -0.15) is 0 Å². The second-order valence-corrected chi connectivity index (χ2v) is 9.00. The van der Waals surface area contributed by atoms with Crippen LogP contribution in [0.4, 0.5) is 0 Å². The Labute approximate surface area is 174 Å². The van der Waals surface area contributed by atoms with Crippen LogP contribution in [0.15, 0.2) is 37.0 Å². The molecule has 2 rings (SSSR count). The van der Waals surface area contributed by atoms with E-state index >= 15 is 0 Å². The number of rotatable bonds is 12. The Morgan fingerprint density at radius 3 is 2.64 bits per heavy atom. The van der Waals surface area contributed by atoms with Crippen LogP contribution >= 0.6 is 11.6 Å². The van der Waals surface area contributed by atoms with Crippen LogP contribution in [-0.2, 0) is 4.79 Å². The van der Waals surface area contributed by atoms with E-state index < -0.39 is 12.1 Å². The number of allylic oxidation sites excluding steroid dienone is 3. The molecule has 2 aliphatic carbocycles. The molecule has 0 amide bonds. The highest BCUT2D eigenvalue weighted by molar-refractivity contribution is 6.21. The monoisotopic (exact) mass is 410 g/mol. The van der Waals surface area contributed by atoms with E-state index in [4.69, 9.17) is 16.7 Å². The number of carboxylic acid groups (broad SMARTS) is 1. The number of carboxylic acids is 1. The van der Waals surface area contributed by atoms with Gasteiger partial charge in [0.1, 0.15) is 0 Å². The fraction of sp³-hybridized carbons (Fsp3) is 0.696. The number of hydrogen-bond acceptors (Lipinski definition) is 3. The molecule has 3 N–H and O–H groups in total. The topological polar surface area (TPSA) is 77.8 Å². The molecule has 0 aromatic rings. The minimum absolute atomic E-state index is 0.00452. The number of alkyl halides is 1. The largest absolute Gasteiger partial charge is 0.481 e. The van der Waals surface area contributed by atoms with Gasteiger partial charge in [0, 0.05) is 23.1 Å². The molecule has 5 heteroatoms. The van der Waals surface area contributed by atoms with E-state index in [0.717, 1.165) is 32.1 Å². The van der Waals surface area contributed by atoms with Crippen molar-refractivity contribution in [2.75, 3.05) is 0 Å². The molecule has 0 heterocycles. The molecular weight excluding hydrogens is 376 g/mol. The second kappa shape index (κ2) is 11.2. The predicted octanol–water partition coefficient (Wildman–Crippen LogP) is 4.85. The lowest BCUT2D eigenvalue weighted by atomic mass is 9.62. The zero-order chi connectivity index (χ0) is 20.6. The van der Waals surface area contributed by atoms with Crippen LogP contribution in [0.2, 0.25) is 0 Å². The normalized spacial score (nSPS) is 30.5. The van der Waals surface area contributed by atoms with Gasteiger partial charge in [-0.1, -0.05) is 36.8 Å². The summed E-state index contributed by atoms with van der Waals surface area (Å²) in [4.78, 5) is 10.5. The maximum atomic E-state index is 10.6. The van der Waals surface area contributed by atoms with E-state index in [1.165, 1.54) is 6.42 Å². The highest BCUT2D eigenvalue weighted by atomic mass is 35.5. The van der Waals surface area contributed by atoms with E-state index in [2.05, 4.69) is 12.7 Å². The zero-order valence-corrected chi connectivity index (χ0v) is 17.4. The summed E-state index contributed by atoms with van der Waals surface area (Å²) in [6.45, 7) is 3.82. The maximum absolute atomic E-state index is 10.6. The van der Waals surface area contributed by atoms with Gasteiger partial charge in [-0.3, -0.25) is 4.79 Å². The average molecular weight is 411 g/mol. The van der Waals surface area contributed by atoms with E-state index in [1.807, 2.05) is 24.3 Å². The number of unbranched alkanes of at least 4 members (excludes halogenated alkanes) is 1. The Morgan fingerprint density at radius 1 is 1.29 bits per heavy atom. The Bertz CT molecular complexity index is 567. The molecule has 0 spiro atoms. The second-order valence-electron chi connectivity index (χ2n) is 8.44. The first kappa shape index (κ1) is 23.2. The summed E-state index contributed by atoms with van der Waals surface area (Å²) in [5, 5.41) is 29.6. The van der Waals surface area contributed by atoms with Gasteiger partial charge in [0.15, 0.2) is 0 Å². The van der Waals surface area contributed by atoms with Gasteiger partial charge in [0.05, 0.1) is 12.2 Å². The van der Waals surface area contributed by atoms with Crippen molar-refractivity contribution >= 4 is 17.6 Å². The third-order valence-corrected chi connectivity index (χ3v) is 7.03. The lowest BCUT2D eigenvalue weighted by molar-refractivity contribution is -0.137. The van der Waals surface area contributed by atoms with Crippen LogP contribution < -0.4 is 0 Å². The highest BCUT2D eigenvalue weighted by Gasteiger charge is 2.42. The van der Waals surface area contributed by atoms with Crippen LogP contribution in [0.5, 0.6) is 0 Å². The van der Waals surface area contributed by atoms with Gasteiger partial charge in [0.2, 0.25) is 0 Å². The minimum atomic E-state index is -0.766. The van der Waals surface area contributed by atoms with E-state index in [9.17, 15) is 15.0 Å². The van der Waals surface area contributed by atoms with E-state index in [0.29, 0.717) is 19.3 Å². The van der Waals surface area contributed by atoms with Crippen LogP contribution in [-0.4, -0.2) is 38.9 Å². The molecule has 28 heavy (non-hydrogen) atoms. The summed E-state index contributed by atoms with van der Waals surface area (Å²) in [5.74, 6) is -0.612. The number of aliphatic hydroxyl groups is 2. The Morgan fingerprint density at radius 2 is 2.04 bits per heavy atom. The maximum Gasteiger partial charge on any atom is 0.303 e. The number of aliphatic hydroxyl groups excluding tert-OH is 2. The molecule has 0 bridgehead atoms. The fourth-order valence-electron chi connectivity index (χ4n) is 4.61. The van der Waals surface area contributed by atoms with Crippen LogP contribution in [0, 0.1) is 17.3 Å². The lowest BCUT2D eigenvalue weighted by Gasteiger charge is -2.45. The molecule has 0 radical (unpaired) electrons. The lowest BCUT2D eigenvalue weighted by Crippen LogP contribution is -2.40. The number of carbonyl (C=O) groups is 1. The first-order valence-electron chi connectivity index (χ1n) is 10.5. The molecule has 5 atom stereocenters.